The molecule has 0 aliphatic rings. The van der Waals surface area contributed by atoms with Crippen molar-refractivity contribution in [3.8, 4) is 5.75 Å². The van der Waals surface area contributed by atoms with Crippen molar-refractivity contribution in [2.24, 2.45) is 0 Å². The topological polar surface area (TPSA) is 58.6 Å². The summed E-state index contributed by atoms with van der Waals surface area (Å²) in [5.41, 5.74) is 0.628. The van der Waals surface area contributed by atoms with Crippen LogP contribution >= 0.6 is 0 Å². The predicted octanol–water partition coefficient (Wildman–Crippen LogP) is 2.43. The molecular weight excluding hydrogens is 254 g/mol. The van der Waals surface area contributed by atoms with Crippen molar-refractivity contribution in [2.75, 3.05) is 13.2 Å². The molecule has 2 N–H and O–H groups in total. The van der Waals surface area contributed by atoms with E-state index in [0.29, 0.717) is 19.4 Å². The standard InChI is InChI=1S/C16H25NO3/c1-4-16(5-2,12-18)17-15(19)9-10-20-14-8-6-7-13(3)11-14/h6-8,11,18H,4-5,9-10,12H2,1-3H3,(H,17,19). The third kappa shape index (κ3) is 4.85. The summed E-state index contributed by atoms with van der Waals surface area (Å²) in [6, 6.07) is 7.74. The Balaban J connectivity index is 2.40. The summed E-state index contributed by atoms with van der Waals surface area (Å²) < 4.78 is 5.55. The van der Waals surface area contributed by atoms with Gasteiger partial charge >= 0.3 is 0 Å². The summed E-state index contributed by atoms with van der Waals surface area (Å²) in [7, 11) is 0. The maximum atomic E-state index is 11.9. The summed E-state index contributed by atoms with van der Waals surface area (Å²) in [5.74, 6) is 0.688. The molecule has 0 bridgehead atoms. The lowest BCUT2D eigenvalue weighted by molar-refractivity contribution is -0.124. The first-order chi connectivity index (χ1) is 9.55. The molecule has 0 saturated carbocycles. The molecule has 1 aromatic rings. The summed E-state index contributed by atoms with van der Waals surface area (Å²) in [5, 5.41) is 12.3. The fourth-order valence-electron chi connectivity index (χ4n) is 2.01. The van der Waals surface area contributed by atoms with Gasteiger partial charge in [0.05, 0.1) is 25.2 Å². The Hall–Kier alpha value is -1.55. The minimum atomic E-state index is -0.500. The molecule has 0 saturated heterocycles. The molecule has 0 atom stereocenters. The van der Waals surface area contributed by atoms with Gasteiger partial charge in [0.1, 0.15) is 5.75 Å². The van der Waals surface area contributed by atoms with Gasteiger partial charge in [0.2, 0.25) is 5.91 Å². The van der Waals surface area contributed by atoms with Gasteiger partial charge in [0.15, 0.2) is 0 Å². The van der Waals surface area contributed by atoms with Gasteiger partial charge in [0, 0.05) is 0 Å². The van der Waals surface area contributed by atoms with Crippen LogP contribution in [0.5, 0.6) is 5.75 Å². The Kier molecular flexibility index (Phi) is 6.52. The van der Waals surface area contributed by atoms with Gasteiger partial charge in [-0.3, -0.25) is 4.79 Å². The first kappa shape index (κ1) is 16.5. The molecule has 112 valence electrons. The summed E-state index contributed by atoms with van der Waals surface area (Å²) in [6.07, 6.45) is 1.71. The molecular formula is C16H25NO3. The second kappa shape index (κ2) is 7.90. The first-order valence-electron chi connectivity index (χ1n) is 7.16. The fraction of sp³-hybridized carbons (Fsp3) is 0.562. The molecule has 0 heterocycles. The van der Waals surface area contributed by atoms with E-state index in [4.69, 9.17) is 4.74 Å². The van der Waals surface area contributed by atoms with Crippen LogP contribution in [0.3, 0.4) is 0 Å². The largest absolute Gasteiger partial charge is 0.493 e. The van der Waals surface area contributed by atoms with Crippen molar-refractivity contribution < 1.29 is 14.6 Å². The van der Waals surface area contributed by atoms with Gasteiger partial charge in [-0.05, 0) is 37.5 Å². The van der Waals surface area contributed by atoms with Crippen LogP contribution in [0.1, 0.15) is 38.7 Å². The number of carbonyl (C=O) groups excluding carboxylic acids is 1. The number of hydrogen-bond acceptors (Lipinski definition) is 3. The molecule has 1 aromatic carbocycles. The summed E-state index contributed by atoms with van der Waals surface area (Å²) in [6.45, 7) is 6.22. The molecule has 0 unspecified atom stereocenters. The highest BCUT2D eigenvalue weighted by Gasteiger charge is 2.26. The Labute approximate surface area is 121 Å². The molecule has 1 rings (SSSR count). The Morgan fingerprint density at radius 2 is 2.05 bits per heavy atom. The zero-order valence-corrected chi connectivity index (χ0v) is 12.6. The molecule has 0 radical (unpaired) electrons. The Morgan fingerprint density at radius 3 is 2.60 bits per heavy atom. The average Bonchev–Trinajstić information content (AvgIpc) is 2.45. The van der Waals surface area contributed by atoms with Crippen LogP contribution in [0.25, 0.3) is 0 Å². The summed E-state index contributed by atoms with van der Waals surface area (Å²) >= 11 is 0. The normalized spacial score (nSPS) is 11.2. The maximum absolute atomic E-state index is 11.9. The monoisotopic (exact) mass is 279 g/mol. The number of hydrogen-bond donors (Lipinski definition) is 2. The second-order valence-corrected chi connectivity index (χ2v) is 5.11. The molecule has 4 nitrogen and oxygen atoms in total. The van der Waals surface area contributed by atoms with Crippen LogP contribution in [0.15, 0.2) is 24.3 Å². The molecule has 0 fully saturated rings. The number of ether oxygens (including phenoxy) is 1. The minimum Gasteiger partial charge on any atom is -0.493 e. The van der Waals surface area contributed by atoms with Crippen molar-refractivity contribution in [2.45, 2.75) is 45.6 Å². The highest BCUT2D eigenvalue weighted by atomic mass is 16.5. The number of amides is 1. The highest BCUT2D eigenvalue weighted by molar-refractivity contribution is 5.76. The number of carbonyl (C=O) groups is 1. The number of aliphatic hydroxyl groups is 1. The van der Waals surface area contributed by atoms with E-state index < -0.39 is 5.54 Å². The van der Waals surface area contributed by atoms with Crippen LogP contribution < -0.4 is 10.1 Å². The van der Waals surface area contributed by atoms with Gasteiger partial charge in [-0.25, -0.2) is 0 Å². The molecule has 0 aromatic heterocycles. The van der Waals surface area contributed by atoms with E-state index >= 15 is 0 Å². The molecule has 0 aliphatic heterocycles. The van der Waals surface area contributed by atoms with Gasteiger partial charge < -0.3 is 15.2 Å². The lowest BCUT2D eigenvalue weighted by atomic mass is 9.94. The minimum absolute atomic E-state index is 0.0372. The van der Waals surface area contributed by atoms with Gasteiger partial charge in [-0.15, -0.1) is 0 Å². The molecule has 0 aliphatic carbocycles. The molecule has 20 heavy (non-hydrogen) atoms. The summed E-state index contributed by atoms with van der Waals surface area (Å²) in [4.78, 5) is 11.9. The van der Waals surface area contributed by atoms with Crippen LogP contribution in [0.2, 0.25) is 0 Å². The smallest absolute Gasteiger partial charge is 0.223 e. The Morgan fingerprint density at radius 1 is 1.35 bits per heavy atom. The number of benzene rings is 1. The number of nitrogens with one attached hydrogen (secondary N) is 1. The highest BCUT2D eigenvalue weighted by Crippen LogP contribution is 2.15. The van der Waals surface area contributed by atoms with Crippen LogP contribution in [-0.4, -0.2) is 29.8 Å². The van der Waals surface area contributed by atoms with E-state index in [2.05, 4.69) is 5.32 Å². The van der Waals surface area contributed by atoms with E-state index in [1.165, 1.54) is 0 Å². The van der Waals surface area contributed by atoms with Gasteiger partial charge in [0.25, 0.3) is 0 Å². The predicted molar refractivity (Wildman–Crippen MR) is 79.8 cm³/mol. The molecule has 0 spiro atoms. The van der Waals surface area contributed by atoms with E-state index in [0.717, 1.165) is 11.3 Å². The third-order valence-electron chi connectivity index (χ3n) is 3.65. The maximum Gasteiger partial charge on any atom is 0.223 e. The second-order valence-electron chi connectivity index (χ2n) is 5.11. The third-order valence-corrected chi connectivity index (χ3v) is 3.65. The molecule has 1 amide bonds. The van der Waals surface area contributed by atoms with Crippen molar-refractivity contribution in [1.29, 1.82) is 0 Å². The van der Waals surface area contributed by atoms with Crippen LogP contribution in [0, 0.1) is 6.92 Å². The van der Waals surface area contributed by atoms with E-state index in [-0.39, 0.29) is 18.9 Å². The lowest BCUT2D eigenvalue weighted by Crippen LogP contribution is -2.50. The zero-order valence-electron chi connectivity index (χ0n) is 12.6. The number of rotatable bonds is 8. The lowest BCUT2D eigenvalue weighted by Gasteiger charge is -2.30. The number of aliphatic hydroxyl groups excluding tert-OH is 1. The fourth-order valence-corrected chi connectivity index (χ4v) is 2.01. The van der Waals surface area contributed by atoms with E-state index in [1.807, 2.05) is 45.0 Å². The Bertz CT molecular complexity index is 419. The van der Waals surface area contributed by atoms with Gasteiger partial charge in [-0.1, -0.05) is 26.0 Å². The SMILES string of the molecule is CCC(CC)(CO)NC(=O)CCOc1cccc(C)c1. The molecule has 4 heteroatoms. The van der Waals surface area contributed by atoms with E-state index in [9.17, 15) is 9.90 Å². The first-order valence-corrected chi connectivity index (χ1v) is 7.16. The average molecular weight is 279 g/mol. The quantitative estimate of drug-likeness (QED) is 0.768. The van der Waals surface area contributed by atoms with Crippen molar-refractivity contribution in [1.82, 2.24) is 5.32 Å². The zero-order chi connectivity index (χ0) is 15.0. The van der Waals surface area contributed by atoms with Crippen LogP contribution in [0.4, 0.5) is 0 Å². The van der Waals surface area contributed by atoms with Crippen molar-refractivity contribution in [3.05, 3.63) is 29.8 Å². The van der Waals surface area contributed by atoms with Crippen molar-refractivity contribution in [3.63, 3.8) is 0 Å². The van der Waals surface area contributed by atoms with Gasteiger partial charge in [-0.2, -0.15) is 0 Å². The number of aryl methyl sites for hydroxylation is 1. The van der Waals surface area contributed by atoms with E-state index in [1.54, 1.807) is 0 Å². The van der Waals surface area contributed by atoms with Crippen LogP contribution in [-0.2, 0) is 4.79 Å². The van der Waals surface area contributed by atoms with Crippen molar-refractivity contribution >= 4 is 5.91 Å².